The highest BCUT2D eigenvalue weighted by molar-refractivity contribution is 6.05. The third-order valence-electron chi connectivity index (χ3n) is 2.74. The van der Waals surface area contributed by atoms with Gasteiger partial charge in [0.1, 0.15) is 11.1 Å². The number of hydrogen-bond donors (Lipinski definition) is 1. The minimum absolute atomic E-state index is 0.426. The fourth-order valence-electron chi connectivity index (χ4n) is 1.64. The fraction of sp³-hybridized carbons (Fsp3) is 0.600. The van der Waals surface area contributed by atoms with Crippen molar-refractivity contribution in [2.75, 3.05) is 20.6 Å². The normalized spacial score (nSPS) is 26.9. The average molecular weight is 266 g/mol. The van der Waals surface area contributed by atoms with Gasteiger partial charge in [-0.3, -0.25) is 9.69 Å². The van der Waals surface area contributed by atoms with E-state index < -0.39 is 35.7 Å². The Morgan fingerprint density at radius 1 is 1.50 bits per heavy atom. The topological polar surface area (TPSA) is 60.9 Å². The van der Waals surface area contributed by atoms with Crippen LogP contribution in [0.1, 0.15) is 6.92 Å². The summed E-state index contributed by atoms with van der Waals surface area (Å²) >= 11 is 0. The van der Waals surface area contributed by atoms with Crippen molar-refractivity contribution in [3.8, 4) is 0 Å². The molecule has 1 heterocycles. The monoisotopic (exact) mass is 266 g/mol. The summed E-state index contributed by atoms with van der Waals surface area (Å²) in [5.74, 6) is -1.23. The number of alkyl halides is 3. The van der Waals surface area contributed by atoms with Crippen molar-refractivity contribution in [3.63, 3.8) is 0 Å². The first-order valence-electron chi connectivity index (χ1n) is 5.01. The van der Waals surface area contributed by atoms with Crippen molar-refractivity contribution < 1.29 is 27.9 Å². The summed E-state index contributed by atoms with van der Waals surface area (Å²) in [6.45, 7) is -0.202. The van der Waals surface area contributed by atoms with Crippen LogP contribution in [0.5, 0.6) is 0 Å². The minimum atomic E-state index is -4.79. The van der Waals surface area contributed by atoms with Gasteiger partial charge >= 0.3 is 12.3 Å². The lowest BCUT2D eigenvalue weighted by Crippen LogP contribution is -2.42. The third-order valence-corrected chi connectivity index (χ3v) is 2.74. The Hall–Kier alpha value is -1.73. The number of hydrogen-bond acceptors (Lipinski definition) is 3. The second-order valence-electron chi connectivity index (χ2n) is 4.51. The maximum absolute atomic E-state index is 12.9. The number of halogens is 3. The molecule has 102 valence electrons. The van der Waals surface area contributed by atoms with Crippen LogP contribution in [0.4, 0.5) is 18.0 Å². The number of likely N-dealkylation sites (tertiary alicyclic amines) is 1. The van der Waals surface area contributed by atoms with Gasteiger partial charge in [0.05, 0.1) is 6.54 Å². The zero-order valence-electron chi connectivity index (χ0n) is 10.1. The molecule has 18 heavy (non-hydrogen) atoms. The van der Waals surface area contributed by atoms with E-state index in [2.05, 4.69) is 0 Å². The van der Waals surface area contributed by atoms with E-state index in [9.17, 15) is 22.8 Å². The SMILES string of the molecule is CN(C)/C=C1\C(=O)C(C)(C(F)(F)F)CN1C(=O)O. The molecule has 1 saturated heterocycles. The largest absolute Gasteiger partial charge is 0.465 e. The first-order valence-corrected chi connectivity index (χ1v) is 5.01. The Kier molecular flexibility index (Phi) is 3.33. The first-order chi connectivity index (χ1) is 8.00. The quantitative estimate of drug-likeness (QED) is 0.731. The highest BCUT2D eigenvalue weighted by Crippen LogP contribution is 2.46. The summed E-state index contributed by atoms with van der Waals surface area (Å²) in [6.07, 6.45) is -5.29. The second-order valence-corrected chi connectivity index (χ2v) is 4.51. The molecule has 1 fully saturated rings. The molecular weight excluding hydrogens is 253 g/mol. The highest BCUT2D eigenvalue weighted by atomic mass is 19.4. The van der Waals surface area contributed by atoms with Crippen LogP contribution < -0.4 is 0 Å². The lowest BCUT2D eigenvalue weighted by Gasteiger charge is -2.24. The first kappa shape index (κ1) is 14.3. The molecule has 1 amide bonds. The maximum atomic E-state index is 12.9. The number of rotatable bonds is 1. The fourth-order valence-corrected chi connectivity index (χ4v) is 1.64. The van der Waals surface area contributed by atoms with Gasteiger partial charge in [0, 0.05) is 20.3 Å². The standard InChI is InChI=1S/C10H13F3N2O3/c1-9(10(11,12)13)5-15(8(17)18)6(7(9)16)4-14(2)3/h4H,5H2,1-3H3,(H,17,18)/b6-4+. The van der Waals surface area contributed by atoms with Crippen LogP contribution in [-0.2, 0) is 4.79 Å². The molecule has 5 nitrogen and oxygen atoms in total. The predicted octanol–water partition coefficient (Wildman–Crippen LogP) is 1.52. The van der Waals surface area contributed by atoms with Crippen LogP contribution >= 0.6 is 0 Å². The van der Waals surface area contributed by atoms with E-state index in [-0.39, 0.29) is 0 Å². The van der Waals surface area contributed by atoms with E-state index >= 15 is 0 Å². The number of carboxylic acid groups (broad SMARTS) is 1. The number of carbonyl (C=O) groups is 2. The van der Waals surface area contributed by atoms with Crippen molar-refractivity contribution in [1.82, 2.24) is 9.80 Å². The molecule has 1 N–H and O–H groups in total. The number of carbonyl (C=O) groups excluding carboxylic acids is 1. The zero-order valence-corrected chi connectivity index (χ0v) is 10.1. The maximum Gasteiger partial charge on any atom is 0.412 e. The van der Waals surface area contributed by atoms with Gasteiger partial charge < -0.3 is 10.0 Å². The van der Waals surface area contributed by atoms with Crippen LogP contribution in [0, 0.1) is 5.41 Å². The Balaban J connectivity index is 3.29. The molecule has 1 atom stereocenters. The average Bonchev–Trinajstić information content (AvgIpc) is 2.42. The molecule has 0 aromatic carbocycles. The molecule has 1 aliphatic heterocycles. The highest BCUT2D eigenvalue weighted by Gasteiger charge is 2.63. The molecule has 0 bridgehead atoms. The van der Waals surface area contributed by atoms with Gasteiger partial charge in [0.15, 0.2) is 5.78 Å². The van der Waals surface area contributed by atoms with E-state index in [0.717, 1.165) is 6.20 Å². The van der Waals surface area contributed by atoms with E-state index in [4.69, 9.17) is 5.11 Å². The van der Waals surface area contributed by atoms with Gasteiger partial charge in [-0.05, 0) is 6.92 Å². The molecule has 1 unspecified atom stereocenters. The van der Waals surface area contributed by atoms with Crippen LogP contribution in [0.3, 0.4) is 0 Å². The number of ketones is 1. The van der Waals surface area contributed by atoms with Crippen molar-refractivity contribution in [1.29, 1.82) is 0 Å². The number of Topliss-reactive ketones (excluding diaryl/α,β-unsaturated/α-hetero) is 1. The smallest absolute Gasteiger partial charge is 0.412 e. The van der Waals surface area contributed by atoms with E-state index in [0.29, 0.717) is 11.8 Å². The summed E-state index contributed by atoms with van der Waals surface area (Å²) in [7, 11) is 2.98. The zero-order chi connectivity index (χ0) is 14.3. The summed E-state index contributed by atoms with van der Waals surface area (Å²) in [5.41, 5.74) is -3.15. The summed E-state index contributed by atoms with van der Waals surface area (Å²) < 4.78 is 38.6. The molecule has 8 heteroatoms. The Labute approximate surface area is 101 Å². The summed E-state index contributed by atoms with van der Waals surface area (Å²) in [5, 5.41) is 8.86. The van der Waals surface area contributed by atoms with Gasteiger partial charge in [-0.1, -0.05) is 0 Å². The number of nitrogens with zero attached hydrogens (tertiary/aromatic N) is 2. The van der Waals surface area contributed by atoms with Crippen molar-refractivity contribution in [2.45, 2.75) is 13.1 Å². The predicted molar refractivity (Wildman–Crippen MR) is 55.7 cm³/mol. The second kappa shape index (κ2) is 4.18. The van der Waals surface area contributed by atoms with Crippen LogP contribution in [-0.4, -0.2) is 53.6 Å². The van der Waals surface area contributed by atoms with Gasteiger partial charge in [0.2, 0.25) is 0 Å². The van der Waals surface area contributed by atoms with Crippen molar-refractivity contribution >= 4 is 11.9 Å². The number of amides is 1. The molecular formula is C10H13F3N2O3. The van der Waals surface area contributed by atoms with E-state index in [1.807, 2.05) is 0 Å². The molecule has 0 aromatic rings. The van der Waals surface area contributed by atoms with Crippen LogP contribution in [0.25, 0.3) is 0 Å². The van der Waals surface area contributed by atoms with E-state index in [1.54, 1.807) is 0 Å². The van der Waals surface area contributed by atoms with Crippen molar-refractivity contribution in [3.05, 3.63) is 11.9 Å². The van der Waals surface area contributed by atoms with Gasteiger partial charge in [0.25, 0.3) is 0 Å². The van der Waals surface area contributed by atoms with Crippen LogP contribution in [0.2, 0.25) is 0 Å². The third kappa shape index (κ3) is 2.14. The Morgan fingerprint density at radius 2 is 2.00 bits per heavy atom. The molecule has 0 radical (unpaired) electrons. The van der Waals surface area contributed by atoms with E-state index in [1.165, 1.54) is 19.0 Å². The lowest BCUT2D eigenvalue weighted by molar-refractivity contribution is -0.209. The molecule has 1 aliphatic rings. The Bertz CT molecular complexity index is 417. The summed E-state index contributed by atoms with van der Waals surface area (Å²) in [6, 6.07) is 0. The number of allylic oxidation sites excluding steroid dienone is 1. The van der Waals surface area contributed by atoms with Crippen molar-refractivity contribution in [2.24, 2.45) is 5.41 Å². The molecule has 0 aliphatic carbocycles. The molecule has 1 rings (SSSR count). The van der Waals surface area contributed by atoms with Gasteiger partial charge in [-0.2, -0.15) is 13.2 Å². The van der Waals surface area contributed by atoms with Gasteiger partial charge in [-0.15, -0.1) is 0 Å². The Morgan fingerprint density at radius 3 is 2.33 bits per heavy atom. The summed E-state index contributed by atoms with van der Waals surface area (Å²) in [4.78, 5) is 24.5. The minimum Gasteiger partial charge on any atom is -0.465 e. The lowest BCUT2D eigenvalue weighted by atomic mass is 9.87. The van der Waals surface area contributed by atoms with Gasteiger partial charge in [-0.25, -0.2) is 4.79 Å². The molecule has 0 aromatic heterocycles. The van der Waals surface area contributed by atoms with Crippen LogP contribution in [0.15, 0.2) is 11.9 Å². The molecule has 0 saturated carbocycles. The molecule has 0 spiro atoms.